The molecule has 1 aromatic heterocycles. The van der Waals surface area contributed by atoms with Gasteiger partial charge in [-0.05, 0) is 66.0 Å². The van der Waals surface area contributed by atoms with Crippen LogP contribution in [0.25, 0.3) is 0 Å². The van der Waals surface area contributed by atoms with Gasteiger partial charge in [-0.15, -0.1) is 0 Å². The Labute approximate surface area is 234 Å². The fraction of sp³-hybridized carbons (Fsp3) is 0.607. The quantitative estimate of drug-likeness (QED) is 0.295. The van der Waals surface area contributed by atoms with Crippen molar-refractivity contribution in [1.82, 2.24) is 14.9 Å². The Hall–Kier alpha value is -2.72. The molecule has 0 unspecified atom stereocenters. The van der Waals surface area contributed by atoms with Crippen LogP contribution in [-0.2, 0) is 6.54 Å². The number of carbonyl (C=O) groups excluding carboxylic acids is 1. The van der Waals surface area contributed by atoms with Gasteiger partial charge >= 0.3 is 6.03 Å². The molecule has 2 aliphatic rings. The Kier molecular flexibility index (Phi) is 9.48. The number of halogens is 3. The first-order valence-corrected chi connectivity index (χ1v) is 14.3. The molecule has 0 spiro atoms. The molecule has 2 heterocycles. The molecule has 0 bridgehead atoms. The number of hydrogen-bond donors (Lipinski definition) is 2. The van der Waals surface area contributed by atoms with Crippen molar-refractivity contribution in [3.8, 4) is 5.75 Å². The summed E-state index contributed by atoms with van der Waals surface area (Å²) >= 11 is 6.16. The summed E-state index contributed by atoms with van der Waals surface area (Å²) in [5.41, 5.74) is 0.263. The second-order valence-corrected chi connectivity index (χ2v) is 11.4. The molecule has 2 aromatic rings. The van der Waals surface area contributed by atoms with E-state index in [1.165, 1.54) is 0 Å². The lowest BCUT2D eigenvalue weighted by Gasteiger charge is -2.39. The number of amides is 2. The molecule has 39 heavy (non-hydrogen) atoms. The summed E-state index contributed by atoms with van der Waals surface area (Å²) in [7, 11) is 0. The average Bonchev–Trinajstić information content (AvgIpc) is 3.41. The first-order valence-electron chi connectivity index (χ1n) is 13.9. The molecule has 2 amide bonds. The smallest absolute Gasteiger partial charge is 0.330 e. The number of aromatic nitrogens is 2. The third-order valence-electron chi connectivity index (χ3n) is 7.62. The van der Waals surface area contributed by atoms with Gasteiger partial charge in [-0.25, -0.2) is 18.6 Å². The number of benzene rings is 1. The largest absolute Gasteiger partial charge is 0.503 e. The number of fused-ring (bicyclic) bond motifs is 1. The van der Waals surface area contributed by atoms with E-state index in [0.717, 1.165) is 62.5 Å². The molecular weight excluding hydrogens is 526 g/mol. The number of rotatable bonds is 11. The van der Waals surface area contributed by atoms with Gasteiger partial charge in [0.15, 0.2) is 17.4 Å². The SMILES string of the molecule is CC(C)N(CCCCCNc1ncc2c(n1)N(C1CCCC1)C(=O)N(c1c(Cl)cc(F)c(O)c1F)C2)C(C)C. The highest BCUT2D eigenvalue weighted by Crippen LogP contribution is 2.42. The molecule has 1 saturated carbocycles. The topological polar surface area (TPSA) is 84.8 Å². The minimum Gasteiger partial charge on any atom is -0.503 e. The van der Waals surface area contributed by atoms with Crippen LogP contribution in [0.2, 0.25) is 5.02 Å². The van der Waals surface area contributed by atoms with Gasteiger partial charge in [0.05, 0.1) is 11.6 Å². The third kappa shape index (κ3) is 6.38. The molecule has 0 radical (unpaired) electrons. The zero-order valence-electron chi connectivity index (χ0n) is 23.2. The predicted octanol–water partition coefficient (Wildman–Crippen LogP) is 6.70. The highest BCUT2D eigenvalue weighted by molar-refractivity contribution is 6.34. The van der Waals surface area contributed by atoms with Crippen LogP contribution in [0.15, 0.2) is 12.3 Å². The number of urea groups is 1. The number of hydrogen-bond acceptors (Lipinski definition) is 6. The third-order valence-corrected chi connectivity index (χ3v) is 7.91. The number of nitrogens with zero attached hydrogens (tertiary/aromatic N) is 5. The Morgan fingerprint density at radius 3 is 2.51 bits per heavy atom. The number of aromatic hydroxyl groups is 1. The Morgan fingerprint density at radius 2 is 1.85 bits per heavy atom. The molecule has 1 aliphatic heterocycles. The van der Waals surface area contributed by atoms with Crippen LogP contribution in [0, 0.1) is 11.6 Å². The molecular formula is C28H39ClF2N6O2. The van der Waals surface area contributed by atoms with Gasteiger partial charge in [-0.2, -0.15) is 4.98 Å². The molecule has 214 valence electrons. The lowest BCUT2D eigenvalue weighted by molar-refractivity contribution is 0.171. The van der Waals surface area contributed by atoms with E-state index in [0.29, 0.717) is 36.0 Å². The lowest BCUT2D eigenvalue weighted by Crippen LogP contribution is -2.52. The van der Waals surface area contributed by atoms with Crippen molar-refractivity contribution < 1.29 is 18.7 Å². The van der Waals surface area contributed by atoms with E-state index in [-0.39, 0.29) is 23.3 Å². The van der Waals surface area contributed by atoms with Gasteiger partial charge in [-0.1, -0.05) is 30.9 Å². The molecule has 1 aromatic carbocycles. The van der Waals surface area contributed by atoms with Crippen LogP contribution < -0.4 is 15.1 Å². The minimum atomic E-state index is -1.27. The van der Waals surface area contributed by atoms with Gasteiger partial charge in [0.25, 0.3) is 0 Å². The van der Waals surface area contributed by atoms with Crippen molar-refractivity contribution in [2.45, 2.75) is 97.3 Å². The summed E-state index contributed by atoms with van der Waals surface area (Å²) in [4.78, 5) is 28.1. The Bertz CT molecular complexity index is 1170. The van der Waals surface area contributed by atoms with Crippen LogP contribution in [0.5, 0.6) is 5.75 Å². The molecule has 8 nitrogen and oxygen atoms in total. The van der Waals surface area contributed by atoms with Crippen LogP contribution in [0.3, 0.4) is 0 Å². The molecule has 0 atom stereocenters. The maximum atomic E-state index is 14.9. The van der Waals surface area contributed by atoms with Gasteiger partial charge in [-0.3, -0.25) is 14.7 Å². The van der Waals surface area contributed by atoms with Crippen LogP contribution in [0.1, 0.15) is 78.2 Å². The Morgan fingerprint density at radius 1 is 1.15 bits per heavy atom. The second kappa shape index (κ2) is 12.6. The highest BCUT2D eigenvalue weighted by atomic mass is 35.5. The first kappa shape index (κ1) is 29.3. The number of carbonyl (C=O) groups is 1. The summed E-state index contributed by atoms with van der Waals surface area (Å²) in [6.45, 7) is 10.6. The number of nitrogens with one attached hydrogen (secondary N) is 1. The summed E-state index contributed by atoms with van der Waals surface area (Å²) in [5.74, 6) is -2.69. The van der Waals surface area contributed by atoms with Crippen LogP contribution in [0.4, 0.5) is 31.0 Å². The van der Waals surface area contributed by atoms with Crippen LogP contribution >= 0.6 is 11.6 Å². The monoisotopic (exact) mass is 564 g/mol. The van der Waals surface area contributed by atoms with E-state index in [9.17, 15) is 18.7 Å². The maximum Gasteiger partial charge on any atom is 0.330 e. The number of unbranched alkanes of at least 4 members (excludes halogenated alkanes) is 2. The fourth-order valence-electron chi connectivity index (χ4n) is 5.65. The summed E-state index contributed by atoms with van der Waals surface area (Å²) in [5, 5.41) is 12.8. The zero-order valence-corrected chi connectivity index (χ0v) is 23.9. The van der Waals surface area contributed by atoms with Crippen molar-refractivity contribution in [2.75, 3.05) is 28.2 Å². The highest BCUT2D eigenvalue weighted by Gasteiger charge is 2.40. The number of phenolic OH excluding ortho intramolecular Hbond substituents is 1. The minimum absolute atomic E-state index is 0.0540. The fourth-order valence-corrected chi connectivity index (χ4v) is 5.93. The number of phenols is 1. The average molecular weight is 565 g/mol. The predicted molar refractivity (Wildman–Crippen MR) is 151 cm³/mol. The molecule has 11 heteroatoms. The van der Waals surface area contributed by atoms with E-state index in [4.69, 9.17) is 16.6 Å². The van der Waals surface area contributed by atoms with Crippen LogP contribution in [-0.4, -0.2) is 57.2 Å². The van der Waals surface area contributed by atoms with E-state index >= 15 is 0 Å². The number of anilines is 3. The maximum absolute atomic E-state index is 14.9. The molecule has 0 saturated heterocycles. The van der Waals surface area contributed by atoms with Crippen molar-refractivity contribution in [3.63, 3.8) is 0 Å². The molecule has 1 aliphatic carbocycles. The van der Waals surface area contributed by atoms with Crippen molar-refractivity contribution in [3.05, 3.63) is 34.5 Å². The van der Waals surface area contributed by atoms with Crippen molar-refractivity contribution in [1.29, 1.82) is 0 Å². The summed E-state index contributed by atoms with van der Waals surface area (Å²) in [6, 6.07) is 1.24. The first-order chi connectivity index (χ1) is 18.6. The molecule has 4 rings (SSSR count). The van der Waals surface area contributed by atoms with E-state index in [2.05, 4.69) is 42.9 Å². The van der Waals surface area contributed by atoms with Gasteiger partial charge in [0, 0.05) is 36.4 Å². The summed E-state index contributed by atoms with van der Waals surface area (Å²) < 4.78 is 28.8. The van der Waals surface area contributed by atoms with Gasteiger partial charge < -0.3 is 10.4 Å². The lowest BCUT2D eigenvalue weighted by atomic mass is 10.1. The normalized spacial score (nSPS) is 16.2. The molecule has 1 fully saturated rings. The zero-order chi connectivity index (χ0) is 28.3. The van der Waals surface area contributed by atoms with Gasteiger partial charge in [0.1, 0.15) is 11.5 Å². The Balaban J connectivity index is 1.49. The van der Waals surface area contributed by atoms with E-state index in [1.54, 1.807) is 11.1 Å². The van der Waals surface area contributed by atoms with E-state index < -0.39 is 23.4 Å². The van der Waals surface area contributed by atoms with E-state index in [1.807, 2.05) is 0 Å². The standard InChI is InChI=1S/C28H39ClF2N6O2/c1-17(2)35(18(3)4)13-9-5-8-12-32-27-33-15-19-16-36(24-21(29)14-22(30)25(38)23(24)31)28(39)37(26(19)34-27)20-10-6-7-11-20/h14-15,17-18,20,38H,5-13,16H2,1-4H3,(H,32,33,34). The summed E-state index contributed by atoms with van der Waals surface area (Å²) in [6.07, 6.45) is 8.31. The van der Waals surface area contributed by atoms with Crippen molar-refractivity contribution in [2.24, 2.45) is 0 Å². The van der Waals surface area contributed by atoms with Gasteiger partial charge in [0.2, 0.25) is 5.95 Å². The molecule has 2 N–H and O–H groups in total. The second-order valence-electron chi connectivity index (χ2n) is 11.0. The van der Waals surface area contributed by atoms with Crippen molar-refractivity contribution >= 4 is 35.1 Å².